The van der Waals surface area contributed by atoms with Crippen molar-refractivity contribution in [1.82, 2.24) is 9.80 Å². The van der Waals surface area contributed by atoms with E-state index in [1.807, 2.05) is 48.5 Å². The largest absolute Gasteiger partial charge is 0.369 e. The summed E-state index contributed by atoms with van der Waals surface area (Å²) in [5, 5.41) is 0. The summed E-state index contributed by atoms with van der Waals surface area (Å²) in [6.45, 7) is 4.84. The van der Waals surface area contributed by atoms with Crippen LogP contribution in [0.25, 0.3) is 16.7 Å². The van der Waals surface area contributed by atoms with Crippen LogP contribution in [-0.2, 0) is 9.59 Å². The molecule has 0 bridgehead atoms. The summed E-state index contributed by atoms with van der Waals surface area (Å²) in [4.78, 5) is 32.4. The number of carbonyl (C=O) groups is 2. The zero-order chi connectivity index (χ0) is 24.6. The van der Waals surface area contributed by atoms with Crippen LogP contribution in [0.2, 0.25) is 0 Å². The Morgan fingerprint density at radius 3 is 1.89 bits per heavy atom. The molecule has 0 spiro atoms. The minimum Gasteiger partial charge on any atom is -0.369 e. The first-order valence-corrected chi connectivity index (χ1v) is 12.6. The second-order valence-corrected chi connectivity index (χ2v) is 9.63. The highest BCUT2D eigenvalue weighted by molar-refractivity contribution is 6.21. The molecule has 0 aromatic heterocycles. The van der Waals surface area contributed by atoms with Crippen LogP contribution in [0.4, 0.5) is 10.1 Å². The van der Waals surface area contributed by atoms with E-state index in [-0.39, 0.29) is 24.1 Å². The van der Waals surface area contributed by atoms with Crippen LogP contribution < -0.4 is 4.90 Å². The Morgan fingerprint density at radius 1 is 0.694 bits per heavy atom. The molecule has 2 aliphatic heterocycles. The molecule has 0 unspecified atom stereocenters. The summed E-state index contributed by atoms with van der Waals surface area (Å²) >= 11 is 0. The summed E-state index contributed by atoms with van der Waals surface area (Å²) in [6, 6.07) is 22.9. The molecule has 2 saturated heterocycles. The average molecular weight is 482 g/mol. The summed E-state index contributed by atoms with van der Waals surface area (Å²) in [6.07, 6.45) is 0.914. The van der Waals surface area contributed by atoms with Crippen LogP contribution in [0, 0.1) is 5.82 Å². The fourth-order valence-corrected chi connectivity index (χ4v) is 5.70. The monoisotopic (exact) mass is 481 g/mol. The first kappa shape index (κ1) is 22.7. The number of amides is 2. The third kappa shape index (κ3) is 4.01. The van der Waals surface area contributed by atoms with Gasteiger partial charge in [-0.25, -0.2) is 4.39 Å². The number of piperazine rings is 1. The number of fused-ring (bicyclic) bond motifs is 3. The Morgan fingerprint density at radius 2 is 1.28 bits per heavy atom. The number of likely N-dealkylation sites (tertiary alicyclic amines) is 1. The number of nitrogens with zero attached hydrogens (tertiary/aromatic N) is 3. The van der Waals surface area contributed by atoms with Gasteiger partial charge in [-0.3, -0.25) is 19.4 Å². The predicted octanol–water partition coefficient (Wildman–Crippen LogP) is 4.58. The van der Waals surface area contributed by atoms with Gasteiger partial charge >= 0.3 is 0 Å². The molecule has 36 heavy (non-hydrogen) atoms. The first-order valence-electron chi connectivity index (χ1n) is 12.6. The molecule has 2 heterocycles. The van der Waals surface area contributed by atoms with E-state index in [4.69, 9.17) is 0 Å². The SMILES string of the molecule is O=C1CC(=C2c3ccccc3-c3ccccc32)C(=O)N1CCCN1CCN(c2ccc(F)cc2)CC1. The molecule has 3 aromatic carbocycles. The highest BCUT2D eigenvalue weighted by Gasteiger charge is 2.38. The van der Waals surface area contributed by atoms with Crippen molar-refractivity contribution in [3.8, 4) is 11.1 Å². The summed E-state index contributed by atoms with van der Waals surface area (Å²) in [5.41, 5.74) is 6.89. The molecule has 0 saturated carbocycles. The van der Waals surface area contributed by atoms with Crippen LogP contribution in [0.15, 0.2) is 78.4 Å². The molecule has 1 aliphatic carbocycles. The minimum absolute atomic E-state index is 0.106. The van der Waals surface area contributed by atoms with E-state index in [0.717, 1.165) is 72.7 Å². The first-order chi connectivity index (χ1) is 17.6. The van der Waals surface area contributed by atoms with Crippen molar-refractivity contribution in [2.45, 2.75) is 12.8 Å². The molecular formula is C30H28FN3O2. The van der Waals surface area contributed by atoms with Gasteiger partial charge in [-0.05, 0) is 65.1 Å². The predicted molar refractivity (Wildman–Crippen MR) is 139 cm³/mol. The maximum atomic E-state index is 13.4. The van der Waals surface area contributed by atoms with Gasteiger partial charge in [-0.15, -0.1) is 0 Å². The Bertz CT molecular complexity index is 1310. The summed E-state index contributed by atoms with van der Waals surface area (Å²) < 4.78 is 13.2. The number of hydrogen-bond acceptors (Lipinski definition) is 4. The molecule has 182 valence electrons. The van der Waals surface area contributed by atoms with E-state index in [9.17, 15) is 14.0 Å². The Kier molecular flexibility index (Phi) is 5.89. The second-order valence-electron chi connectivity index (χ2n) is 9.63. The van der Waals surface area contributed by atoms with E-state index >= 15 is 0 Å². The molecule has 5 nitrogen and oxygen atoms in total. The number of carbonyl (C=O) groups excluding carboxylic acids is 2. The van der Waals surface area contributed by atoms with Crippen molar-refractivity contribution < 1.29 is 14.0 Å². The van der Waals surface area contributed by atoms with Gasteiger partial charge in [-0.2, -0.15) is 0 Å². The maximum absolute atomic E-state index is 13.4. The van der Waals surface area contributed by atoms with Crippen molar-refractivity contribution in [1.29, 1.82) is 0 Å². The number of hydrogen-bond donors (Lipinski definition) is 0. The zero-order valence-corrected chi connectivity index (χ0v) is 20.1. The Hall–Kier alpha value is -3.77. The van der Waals surface area contributed by atoms with Gasteiger partial charge in [0.05, 0.1) is 6.42 Å². The van der Waals surface area contributed by atoms with Crippen molar-refractivity contribution in [3.63, 3.8) is 0 Å². The van der Waals surface area contributed by atoms with Gasteiger partial charge < -0.3 is 4.90 Å². The van der Waals surface area contributed by atoms with Crippen LogP contribution >= 0.6 is 0 Å². The molecule has 2 amide bonds. The lowest BCUT2D eigenvalue weighted by Crippen LogP contribution is -2.47. The van der Waals surface area contributed by atoms with Crippen molar-refractivity contribution in [2.75, 3.05) is 44.2 Å². The van der Waals surface area contributed by atoms with Gasteiger partial charge in [0.15, 0.2) is 0 Å². The van der Waals surface area contributed by atoms with E-state index in [0.29, 0.717) is 12.1 Å². The van der Waals surface area contributed by atoms with Crippen molar-refractivity contribution in [3.05, 3.63) is 95.3 Å². The molecule has 6 heteroatoms. The molecule has 3 aromatic rings. The Balaban J connectivity index is 1.10. The molecule has 0 atom stereocenters. The maximum Gasteiger partial charge on any atom is 0.257 e. The fourth-order valence-electron chi connectivity index (χ4n) is 5.70. The standard InChI is InChI=1S/C30H28FN3O2/c31-21-10-12-22(13-11-21)33-18-16-32(17-19-33)14-5-15-34-28(35)20-27(30(34)36)29-25-8-3-1-6-23(25)24-7-2-4-9-26(24)29/h1-4,6-13H,5,14-20H2. The second kappa shape index (κ2) is 9.36. The van der Waals surface area contributed by atoms with Crippen LogP contribution in [0.3, 0.4) is 0 Å². The van der Waals surface area contributed by atoms with E-state index in [1.165, 1.54) is 17.0 Å². The van der Waals surface area contributed by atoms with E-state index in [2.05, 4.69) is 21.9 Å². The lowest BCUT2D eigenvalue weighted by atomic mass is 9.97. The molecule has 0 radical (unpaired) electrons. The van der Waals surface area contributed by atoms with Crippen molar-refractivity contribution in [2.24, 2.45) is 0 Å². The van der Waals surface area contributed by atoms with Gasteiger partial charge in [0.25, 0.3) is 5.91 Å². The van der Waals surface area contributed by atoms with Crippen molar-refractivity contribution >= 4 is 23.1 Å². The van der Waals surface area contributed by atoms with E-state index in [1.54, 1.807) is 0 Å². The van der Waals surface area contributed by atoms with Gasteiger partial charge in [0.1, 0.15) is 5.82 Å². The number of halogens is 1. The van der Waals surface area contributed by atoms with Gasteiger partial charge in [0, 0.05) is 44.0 Å². The molecule has 3 aliphatic rings. The third-order valence-corrected chi connectivity index (χ3v) is 7.54. The highest BCUT2D eigenvalue weighted by atomic mass is 19.1. The lowest BCUT2D eigenvalue weighted by Gasteiger charge is -2.36. The number of imide groups is 1. The molecule has 6 rings (SSSR count). The third-order valence-electron chi connectivity index (χ3n) is 7.54. The zero-order valence-electron chi connectivity index (χ0n) is 20.1. The molecule has 0 N–H and O–H groups in total. The van der Waals surface area contributed by atoms with Crippen LogP contribution in [-0.4, -0.2) is 60.9 Å². The smallest absolute Gasteiger partial charge is 0.257 e. The Labute approximate surface area is 210 Å². The summed E-state index contributed by atoms with van der Waals surface area (Å²) in [7, 11) is 0. The molecule has 2 fully saturated rings. The topological polar surface area (TPSA) is 43.9 Å². The lowest BCUT2D eigenvalue weighted by molar-refractivity contribution is -0.137. The highest BCUT2D eigenvalue weighted by Crippen LogP contribution is 2.47. The number of rotatable bonds is 5. The average Bonchev–Trinajstić information content (AvgIpc) is 3.38. The van der Waals surface area contributed by atoms with Crippen LogP contribution in [0.5, 0.6) is 0 Å². The normalized spacial score (nSPS) is 17.7. The summed E-state index contributed by atoms with van der Waals surface area (Å²) in [5.74, 6) is -0.475. The van der Waals surface area contributed by atoms with Gasteiger partial charge in [0.2, 0.25) is 5.91 Å². The van der Waals surface area contributed by atoms with Crippen LogP contribution in [0.1, 0.15) is 24.0 Å². The van der Waals surface area contributed by atoms with E-state index < -0.39 is 0 Å². The number of anilines is 1. The number of benzene rings is 3. The minimum atomic E-state index is -0.219. The molecular weight excluding hydrogens is 453 g/mol. The quantitative estimate of drug-likeness (QED) is 0.309. The van der Waals surface area contributed by atoms with Gasteiger partial charge in [-0.1, -0.05) is 48.5 Å². The fraction of sp³-hybridized carbons (Fsp3) is 0.267.